The van der Waals surface area contributed by atoms with Gasteiger partial charge in [0.25, 0.3) is 0 Å². The maximum absolute atomic E-state index is 13.0. The average molecular weight is 727 g/mol. The van der Waals surface area contributed by atoms with Gasteiger partial charge in [0, 0.05) is 10.8 Å². The van der Waals surface area contributed by atoms with Gasteiger partial charge in [0.1, 0.15) is 28.7 Å². The van der Waals surface area contributed by atoms with E-state index in [0.29, 0.717) is 23.0 Å². The Labute approximate surface area is 320 Å². The molecule has 0 saturated carbocycles. The smallest absolute Gasteiger partial charge is 0.508 e. The van der Waals surface area contributed by atoms with Gasteiger partial charge in [-0.1, -0.05) is 127 Å². The molecule has 0 radical (unpaired) electrons. The van der Waals surface area contributed by atoms with Crippen molar-refractivity contribution >= 4 is 12.3 Å². The summed E-state index contributed by atoms with van der Waals surface area (Å²) >= 11 is 0. The Morgan fingerprint density at radius 1 is 0.345 bits per heavy atom. The van der Waals surface area contributed by atoms with E-state index in [0.717, 1.165) is 33.4 Å². The molecule has 2 unspecified atom stereocenters. The van der Waals surface area contributed by atoms with Crippen LogP contribution in [0.25, 0.3) is 0 Å². The van der Waals surface area contributed by atoms with Crippen molar-refractivity contribution in [1.82, 2.24) is 0 Å². The Kier molecular flexibility index (Phi) is 10.5. The number of carbonyl (C=O) groups excluding carboxylic acids is 2. The van der Waals surface area contributed by atoms with E-state index >= 15 is 0 Å². The van der Waals surface area contributed by atoms with Gasteiger partial charge in [-0.2, -0.15) is 0 Å². The lowest BCUT2D eigenvalue weighted by molar-refractivity contribution is 0.150. The van der Waals surface area contributed by atoms with Crippen molar-refractivity contribution in [3.63, 3.8) is 0 Å². The quantitative estimate of drug-likeness (QED) is 0.0852. The number of ether oxygens (including phenoxy) is 4. The molecule has 2 atom stereocenters. The maximum Gasteiger partial charge on any atom is 0.519 e. The SMILES string of the molecule is CC(c1ccccc1)(c1ccc(O)cc1)c1ccc(OC(=O)Oc2ccc(C(C)(c3ccccc3)c3ccc(OC(=O)Oc4ccccc4)cc3)cc2)cc1. The third kappa shape index (κ3) is 7.97. The highest BCUT2D eigenvalue weighted by atomic mass is 16.7. The van der Waals surface area contributed by atoms with Crippen LogP contribution in [0.4, 0.5) is 9.59 Å². The van der Waals surface area contributed by atoms with E-state index in [2.05, 4.69) is 38.1 Å². The van der Waals surface area contributed by atoms with Crippen LogP contribution < -0.4 is 18.9 Å². The summed E-state index contributed by atoms with van der Waals surface area (Å²) in [5, 5.41) is 9.92. The minimum atomic E-state index is -0.864. The molecule has 7 heteroatoms. The number of hydrogen-bond donors (Lipinski definition) is 1. The summed E-state index contributed by atoms with van der Waals surface area (Å²) in [5.41, 5.74) is 4.86. The molecule has 0 aliphatic carbocycles. The molecule has 0 bridgehead atoms. The number of rotatable bonds is 10. The lowest BCUT2D eigenvalue weighted by Gasteiger charge is -2.32. The highest BCUT2D eigenvalue weighted by Crippen LogP contribution is 2.41. The summed E-state index contributed by atoms with van der Waals surface area (Å²) in [6.45, 7) is 4.24. The zero-order valence-corrected chi connectivity index (χ0v) is 30.3. The Morgan fingerprint density at radius 2 is 0.582 bits per heavy atom. The van der Waals surface area contributed by atoms with Gasteiger partial charge in [-0.15, -0.1) is 0 Å². The predicted octanol–water partition coefficient (Wildman–Crippen LogP) is 11.3. The second-order valence-electron chi connectivity index (χ2n) is 13.3. The molecule has 0 saturated heterocycles. The number of para-hydroxylation sites is 1. The first-order valence-electron chi connectivity index (χ1n) is 17.8. The van der Waals surface area contributed by atoms with E-state index in [-0.39, 0.29) is 5.75 Å². The number of phenolic OH excluding ortho intramolecular Hbond substituents is 1. The van der Waals surface area contributed by atoms with Crippen molar-refractivity contribution in [3.8, 4) is 28.7 Å². The Hall–Kier alpha value is -7.12. The normalized spacial score (nSPS) is 13.1. The molecular weight excluding hydrogens is 689 g/mol. The monoisotopic (exact) mass is 726 g/mol. The number of benzene rings is 7. The molecule has 0 aliphatic heterocycles. The molecule has 7 aromatic carbocycles. The average Bonchev–Trinajstić information content (AvgIpc) is 3.22. The van der Waals surface area contributed by atoms with E-state index in [1.54, 1.807) is 72.8 Å². The van der Waals surface area contributed by atoms with Gasteiger partial charge in [-0.05, 0) is 108 Å². The molecule has 0 aliphatic rings. The van der Waals surface area contributed by atoms with Gasteiger partial charge in [0.05, 0.1) is 0 Å². The number of hydrogen-bond acceptors (Lipinski definition) is 7. The van der Waals surface area contributed by atoms with Crippen molar-refractivity contribution in [2.24, 2.45) is 0 Å². The molecule has 0 fully saturated rings. The topological polar surface area (TPSA) is 91.3 Å². The molecule has 7 nitrogen and oxygen atoms in total. The van der Waals surface area contributed by atoms with Crippen LogP contribution in [0.3, 0.4) is 0 Å². The summed E-state index contributed by atoms with van der Waals surface area (Å²) in [5.74, 6) is 1.60. The van der Waals surface area contributed by atoms with Crippen LogP contribution in [0.5, 0.6) is 28.7 Å². The zero-order valence-electron chi connectivity index (χ0n) is 30.3. The minimum Gasteiger partial charge on any atom is -0.508 e. The molecular formula is C48H38O7. The lowest BCUT2D eigenvalue weighted by atomic mass is 9.71. The van der Waals surface area contributed by atoms with E-state index in [1.165, 1.54) is 0 Å². The van der Waals surface area contributed by atoms with Crippen molar-refractivity contribution in [2.45, 2.75) is 24.7 Å². The molecule has 7 aromatic rings. The first-order valence-corrected chi connectivity index (χ1v) is 17.8. The molecule has 272 valence electrons. The number of phenols is 1. The van der Waals surface area contributed by atoms with Gasteiger partial charge in [-0.3, -0.25) is 0 Å². The highest BCUT2D eigenvalue weighted by Gasteiger charge is 2.32. The van der Waals surface area contributed by atoms with E-state index in [4.69, 9.17) is 18.9 Å². The number of aromatic hydroxyl groups is 1. The molecule has 0 amide bonds. The molecule has 0 heterocycles. The fourth-order valence-electron chi connectivity index (χ4n) is 6.82. The predicted molar refractivity (Wildman–Crippen MR) is 211 cm³/mol. The molecule has 55 heavy (non-hydrogen) atoms. The fraction of sp³-hybridized carbons (Fsp3) is 0.0833. The van der Waals surface area contributed by atoms with Crippen molar-refractivity contribution < 1.29 is 33.6 Å². The van der Waals surface area contributed by atoms with Crippen molar-refractivity contribution in [1.29, 1.82) is 0 Å². The van der Waals surface area contributed by atoms with Crippen LogP contribution in [0.2, 0.25) is 0 Å². The van der Waals surface area contributed by atoms with Crippen LogP contribution in [-0.2, 0) is 10.8 Å². The van der Waals surface area contributed by atoms with Gasteiger partial charge >= 0.3 is 12.3 Å². The summed E-state index contributed by atoms with van der Waals surface area (Å²) in [6, 6.07) is 58.0. The third-order valence-electron chi connectivity index (χ3n) is 9.99. The lowest BCUT2D eigenvalue weighted by Crippen LogP contribution is -2.25. The van der Waals surface area contributed by atoms with Crippen molar-refractivity contribution in [2.75, 3.05) is 0 Å². The van der Waals surface area contributed by atoms with Crippen LogP contribution in [0, 0.1) is 0 Å². The Morgan fingerprint density at radius 3 is 0.891 bits per heavy atom. The largest absolute Gasteiger partial charge is 0.519 e. The molecule has 1 N–H and O–H groups in total. The second kappa shape index (κ2) is 15.9. The third-order valence-corrected chi connectivity index (χ3v) is 9.99. The van der Waals surface area contributed by atoms with E-state index < -0.39 is 23.1 Å². The molecule has 7 rings (SSSR count). The summed E-state index contributed by atoms with van der Waals surface area (Å²) < 4.78 is 21.9. The Bertz CT molecular complexity index is 2340. The van der Waals surface area contributed by atoms with E-state index in [1.807, 2.05) is 91.0 Å². The number of carbonyl (C=O) groups is 2. The van der Waals surface area contributed by atoms with Crippen LogP contribution in [0.1, 0.15) is 47.2 Å². The van der Waals surface area contributed by atoms with Gasteiger partial charge < -0.3 is 24.1 Å². The summed E-state index contributed by atoms with van der Waals surface area (Å²) in [6.07, 6.45) is -1.69. The molecule has 0 aromatic heterocycles. The standard InChI is InChI=1S/C48H38O7/c1-47(34-12-6-3-7-13-34,36-18-26-40(49)27-19-36)37-20-28-43(29-21-37)54-46(51)55-44-32-24-39(25-33-44)48(2,35-14-8-4-9-15-35)38-22-30-42(31-23-38)53-45(50)52-41-16-10-5-11-17-41/h3-33,49H,1-2H3. The highest BCUT2D eigenvalue weighted by molar-refractivity contribution is 5.68. The van der Waals surface area contributed by atoms with Gasteiger partial charge in [0.15, 0.2) is 0 Å². The van der Waals surface area contributed by atoms with Gasteiger partial charge in [-0.25, -0.2) is 9.59 Å². The summed E-state index contributed by atoms with van der Waals surface area (Å²) in [4.78, 5) is 25.3. The van der Waals surface area contributed by atoms with Crippen LogP contribution in [0.15, 0.2) is 188 Å². The summed E-state index contributed by atoms with van der Waals surface area (Å²) in [7, 11) is 0. The Balaban J connectivity index is 1.05. The zero-order chi connectivity index (χ0) is 38.3. The first-order chi connectivity index (χ1) is 26.7. The minimum absolute atomic E-state index is 0.197. The van der Waals surface area contributed by atoms with Crippen molar-refractivity contribution in [3.05, 3.63) is 221 Å². The fourth-order valence-corrected chi connectivity index (χ4v) is 6.82. The second-order valence-corrected chi connectivity index (χ2v) is 13.3. The van der Waals surface area contributed by atoms with Gasteiger partial charge in [0.2, 0.25) is 0 Å². The van der Waals surface area contributed by atoms with E-state index in [9.17, 15) is 14.7 Å². The first kappa shape index (κ1) is 36.2. The van der Waals surface area contributed by atoms with Crippen LogP contribution in [-0.4, -0.2) is 17.4 Å². The van der Waals surface area contributed by atoms with Crippen LogP contribution >= 0.6 is 0 Å². The maximum atomic E-state index is 13.0. The molecule has 0 spiro atoms.